The van der Waals surface area contributed by atoms with Crippen LogP contribution < -0.4 is 21.9 Å². The van der Waals surface area contributed by atoms with E-state index in [-0.39, 0.29) is 27.6 Å². The Morgan fingerprint density at radius 3 is 1.47 bits per heavy atom. The van der Waals surface area contributed by atoms with E-state index in [4.69, 9.17) is 31.4 Å². The largest absolute Gasteiger partial charge is 0.509 e. The van der Waals surface area contributed by atoms with E-state index in [1.54, 1.807) is 0 Å². The van der Waals surface area contributed by atoms with Crippen LogP contribution in [-0.2, 0) is 0 Å². The van der Waals surface area contributed by atoms with Crippen LogP contribution in [0.15, 0.2) is 115 Å². The molecule has 0 spiro atoms. The Morgan fingerprint density at radius 2 is 0.860 bits per heavy atom. The van der Waals surface area contributed by atoms with Crippen LogP contribution in [0.25, 0.3) is 76.1 Å². The van der Waals surface area contributed by atoms with Gasteiger partial charge < -0.3 is 5.11 Å². The van der Waals surface area contributed by atoms with Gasteiger partial charge in [-0.1, -0.05) is 125 Å². The molecule has 0 aromatic heterocycles. The molecule has 0 fully saturated rings. The van der Waals surface area contributed by atoms with Crippen molar-refractivity contribution in [3.8, 4) is 28.0 Å². The molecule has 0 atom stereocenters. The third-order valence-corrected chi connectivity index (χ3v) is 8.82. The average Bonchev–Trinajstić information content (AvgIpc) is 3.05. The minimum absolute atomic E-state index is 0.0207. The maximum absolute atomic E-state index is 10.5. The van der Waals surface area contributed by atoms with Gasteiger partial charge in [-0.15, -0.1) is 0 Å². The van der Waals surface area contributed by atoms with Gasteiger partial charge in [-0.05, 0) is 88.2 Å². The van der Waals surface area contributed by atoms with Crippen molar-refractivity contribution in [1.82, 2.24) is 0 Å². The number of phenols is 1. The second-order valence-electron chi connectivity index (χ2n) is 11.1. The zero-order valence-corrected chi connectivity index (χ0v) is 23.2. The van der Waals surface area contributed by atoms with E-state index < -0.39 is 0 Å². The number of hydrogen-bond donors (Lipinski definition) is 1. The van der Waals surface area contributed by atoms with Crippen LogP contribution in [0, 0.1) is 0 Å². The van der Waals surface area contributed by atoms with Crippen molar-refractivity contribution in [2.75, 3.05) is 0 Å². The fraction of sp³-hybridized carbons (Fsp3) is 0. The Hall–Kier alpha value is -4.88. The molecular weight excluding hydrogens is 516 g/mol. The second-order valence-corrected chi connectivity index (χ2v) is 11.1. The molecule has 1 nitrogen and oxygen atoms in total. The summed E-state index contributed by atoms with van der Waals surface area (Å²) < 4.78 is 0. The van der Waals surface area contributed by atoms with E-state index in [2.05, 4.69) is 91.0 Å². The monoisotopic (exact) mass is 536 g/mol. The molecule has 8 rings (SSSR count). The quantitative estimate of drug-likeness (QED) is 0.172. The highest BCUT2D eigenvalue weighted by molar-refractivity contribution is 6.61. The maximum Gasteiger partial charge on any atom is 0.118 e. The van der Waals surface area contributed by atoms with Crippen LogP contribution in [0.4, 0.5) is 0 Å². The summed E-state index contributed by atoms with van der Waals surface area (Å²) in [6.07, 6.45) is 0. The highest BCUT2D eigenvalue weighted by Crippen LogP contribution is 2.45. The molecule has 0 aliphatic carbocycles. The summed E-state index contributed by atoms with van der Waals surface area (Å²) in [7, 11) is 25.6. The van der Waals surface area contributed by atoms with Gasteiger partial charge in [-0.2, -0.15) is 0 Å². The Labute approximate surface area is 254 Å². The fourth-order valence-corrected chi connectivity index (χ4v) is 6.77. The second kappa shape index (κ2) is 9.57. The van der Waals surface area contributed by atoms with Crippen molar-refractivity contribution >= 4 is 107 Å². The number of rotatable bonds is 2. The Bertz CT molecular complexity index is 2380. The lowest BCUT2D eigenvalue weighted by Crippen LogP contribution is -2.42. The highest BCUT2D eigenvalue weighted by Gasteiger charge is 2.22. The molecule has 0 saturated heterocycles. The van der Waals surface area contributed by atoms with Gasteiger partial charge in [-0.3, -0.25) is 0 Å². The predicted molar refractivity (Wildman–Crippen MR) is 188 cm³/mol. The molecule has 8 radical (unpaired) electrons. The number of hydrogen-bond acceptors (Lipinski definition) is 1. The lowest BCUT2D eigenvalue weighted by Gasteiger charge is -2.24. The summed E-state index contributed by atoms with van der Waals surface area (Å²) in [5, 5.41) is 21.7. The van der Waals surface area contributed by atoms with Gasteiger partial charge in [-0.25, -0.2) is 0 Å². The lowest BCUT2D eigenvalue weighted by molar-refractivity contribution is 0.484. The van der Waals surface area contributed by atoms with Gasteiger partial charge in [0.1, 0.15) is 31.4 Å². The van der Waals surface area contributed by atoms with E-state index in [9.17, 15) is 5.11 Å². The molecule has 190 valence electrons. The van der Waals surface area contributed by atoms with Crippen molar-refractivity contribution in [1.29, 1.82) is 0 Å². The molecular formula is C38H20B4O. The topological polar surface area (TPSA) is 20.2 Å². The zero-order valence-electron chi connectivity index (χ0n) is 23.2. The van der Waals surface area contributed by atoms with Crippen molar-refractivity contribution in [3.05, 3.63) is 115 Å². The van der Waals surface area contributed by atoms with Crippen LogP contribution in [0.2, 0.25) is 0 Å². The minimum atomic E-state index is -0.292. The molecule has 0 bridgehead atoms. The van der Waals surface area contributed by atoms with Crippen molar-refractivity contribution in [3.63, 3.8) is 0 Å². The number of aromatic hydroxyl groups is 1. The number of phenolic OH excluding ortho intramolecular Hbond substituents is 1. The lowest BCUT2D eigenvalue weighted by atomic mass is 9.64. The molecule has 8 aromatic carbocycles. The van der Waals surface area contributed by atoms with E-state index in [1.165, 1.54) is 32.3 Å². The van der Waals surface area contributed by atoms with Gasteiger partial charge in [0.25, 0.3) is 0 Å². The fourth-order valence-electron chi connectivity index (χ4n) is 6.77. The molecule has 0 unspecified atom stereocenters. The molecule has 0 heterocycles. The molecule has 1 N–H and O–H groups in total. The van der Waals surface area contributed by atoms with E-state index in [0.29, 0.717) is 5.56 Å². The molecule has 43 heavy (non-hydrogen) atoms. The zero-order chi connectivity index (χ0) is 29.4. The highest BCUT2D eigenvalue weighted by atomic mass is 16.3. The summed E-state index contributed by atoms with van der Waals surface area (Å²) >= 11 is 0. The van der Waals surface area contributed by atoms with Crippen LogP contribution >= 0.6 is 0 Å². The first-order valence-corrected chi connectivity index (χ1v) is 14.2. The normalized spacial score (nSPS) is 11.7. The summed E-state index contributed by atoms with van der Waals surface area (Å²) in [4.78, 5) is 0. The SMILES string of the molecule is [B]c1c([B])c(-c2c3ccccc3c(-c3cccc4c3ccc3cc5ccccc5cc34)c3ccccc23)c([B])c([B])c1O. The Kier molecular flexibility index (Phi) is 5.74. The molecule has 0 aliphatic rings. The summed E-state index contributed by atoms with van der Waals surface area (Å²) in [5.74, 6) is -0.292. The molecule has 8 aromatic rings. The van der Waals surface area contributed by atoms with Gasteiger partial charge in [0, 0.05) is 0 Å². The van der Waals surface area contributed by atoms with Crippen molar-refractivity contribution in [2.45, 2.75) is 0 Å². The van der Waals surface area contributed by atoms with Crippen LogP contribution in [0.5, 0.6) is 5.75 Å². The number of fused-ring (bicyclic) bond motifs is 6. The van der Waals surface area contributed by atoms with Gasteiger partial charge in [0.2, 0.25) is 0 Å². The van der Waals surface area contributed by atoms with E-state index in [1.807, 2.05) is 24.3 Å². The summed E-state index contributed by atoms with van der Waals surface area (Å²) in [6, 6.07) is 40.5. The van der Waals surface area contributed by atoms with Gasteiger partial charge in [0.15, 0.2) is 0 Å². The smallest absolute Gasteiger partial charge is 0.118 e. The predicted octanol–water partition coefficient (Wildman–Crippen LogP) is 5.67. The summed E-state index contributed by atoms with van der Waals surface area (Å²) in [6.45, 7) is 0. The Balaban J connectivity index is 1.53. The van der Waals surface area contributed by atoms with Crippen molar-refractivity contribution in [2.24, 2.45) is 0 Å². The molecule has 0 amide bonds. The summed E-state index contributed by atoms with van der Waals surface area (Å²) in [5.41, 5.74) is 4.07. The van der Waals surface area contributed by atoms with Crippen LogP contribution in [0.3, 0.4) is 0 Å². The molecule has 0 saturated carbocycles. The van der Waals surface area contributed by atoms with Crippen LogP contribution in [-0.4, -0.2) is 36.5 Å². The average molecular weight is 536 g/mol. The van der Waals surface area contributed by atoms with Gasteiger partial charge in [0.05, 0.1) is 5.75 Å². The first-order chi connectivity index (χ1) is 20.9. The minimum Gasteiger partial charge on any atom is -0.509 e. The standard InChI is InChI=1S/C38H20B4O/c39-34-33(35(40)37(42)38(43)36(34)41)32-28-12-5-3-10-26(28)31(27-11-4-6-13-29(27)32)25-15-7-14-23-24(25)17-16-22-18-20-8-1-2-9-21(20)19-30(22)23/h1-19,43H. The maximum atomic E-state index is 10.5. The van der Waals surface area contributed by atoms with Crippen molar-refractivity contribution < 1.29 is 5.11 Å². The van der Waals surface area contributed by atoms with Crippen LogP contribution in [0.1, 0.15) is 0 Å². The first-order valence-electron chi connectivity index (χ1n) is 14.2. The first kappa shape index (κ1) is 25.8. The molecule has 5 heteroatoms. The number of benzene rings is 8. The third-order valence-electron chi connectivity index (χ3n) is 8.82. The van der Waals surface area contributed by atoms with E-state index in [0.717, 1.165) is 38.2 Å². The Morgan fingerprint density at radius 1 is 0.349 bits per heavy atom. The molecule has 0 aliphatic heterocycles. The van der Waals surface area contributed by atoms with E-state index >= 15 is 0 Å². The van der Waals surface area contributed by atoms with Gasteiger partial charge >= 0.3 is 0 Å². The third kappa shape index (κ3) is 3.71.